The molecule has 6 rings (SSSR count). The number of hydrogen-bond acceptors (Lipinski definition) is 6. The third kappa shape index (κ3) is 3.74. The van der Waals surface area contributed by atoms with Gasteiger partial charge in [0.1, 0.15) is 5.75 Å². The number of aromatic nitrogens is 3. The monoisotopic (exact) mass is 483 g/mol. The third-order valence-corrected chi connectivity index (χ3v) is 8.38. The molecule has 2 saturated carbocycles. The predicted octanol–water partition coefficient (Wildman–Crippen LogP) is 4.46. The highest BCUT2D eigenvalue weighted by atomic mass is 16.5. The fraction of sp³-hybridized carbons (Fsp3) is 0.464. The van der Waals surface area contributed by atoms with Crippen LogP contribution in [0.2, 0.25) is 0 Å². The van der Waals surface area contributed by atoms with Crippen molar-refractivity contribution in [3.8, 4) is 11.8 Å². The van der Waals surface area contributed by atoms with E-state index in [2.05, 4.69) is 21.3 Å². The Morgan fingerprint density at radius 3 is 2.81 bits per heavy atom. The van der Waals surface area contributed by atoms with Gasteiger partial charge in [0.2, 0.25) is 5.91 Å². The SMILES string of the molecule is N#C[C@@H]1CCCCC1C(=O)CN1C(=O)C2(CCC(Oc3cnc4[nH]ncc4c3)CC2)c2ccccc21. The summed E-state index contributed by atoms with van der Waals surface area (Å²) in [5, 5.41) is 17.3. The molecule has 2 atom stereocenters. The van der Waals surface area contributed by atoms with Crippen molar-refractivity contribution in [3.05, 3.63) is 48.3 Å². The molecule has 1 N–H and O–H groups in total. The topological polar surface area (TPSA) is 112 Å². The number of carbonyl (C=O) groups is 2. The number of pyridine rings is 1. The van der Waals surface area contributed by atoms with E-state index in [-0.39, 0.29) is 36.2 Å². The van der Waals surface area contributed by atoms with Crippen molar-refractivity contribution < 1.29 is 14.3 Å². The highest BCUT2D eigenvalue weighted by Crippen LogP contribution is 2.50. The number of nitrogens with zero attached hydrogens (tertiary/aromatic N) is 4. The number of amides is 1. The first-order valence-electron chi connectivity index (χ1n) is 12.9. The number of carbonyl (C=O) groups excluding carboxylic acids is 2. The van der Waals surface area contributed by atoms with Crippen molar-refractivity contribution >= 4 is 28.4 Å². The maximum absolute atomic E-state index is 13.9. The highest BCUT2D eigenvalue weighted by molar-refractivity contribution is 6.11. The van der Waals surface area contributed by atoms with Crippen LogP contribution in [0.15, 0.2) is 42.7 Å². The lowest BCUT2D eigenvalue weighted by atomic mass is 9.69. The van der Waals surface area contributed by atoms with Crippen molar-refractivity contribution in [1.82, 2.24) is 15.2 Å². The van der Waals surface area contributed by atoms with Gasteiger partial charge in [-0.2, -0.15) is 10.4 Å². The van der Waals surface area contributed by atoms with Gasteiger partial charge in [-0.1, -0.05) is 31.0 Å². The number of H-pyrrole nitrogens is 1. The Kier molecular flexibility index (Phi) is 5.71. The molecule has 1 aliphatic heterocycles. The van der Waals surface area contributed by atoms with Gasteiger partial charge in [-0.3, -0.25) is 14.7 Å². The Labute approximate surface area is 209 Å². The van der Waals surface area contributed by atoms with E-state index in [1.165, 1.54) is 0 Å². The molecule has 3 heterocycles. The summed E-state index contributed by atoms with van der Waals surface area (Å²) in [5.41, 5.74) is 1.96. The zero-order valence-electron chi connectivity index (χ0n) is 20.2. The van der Waals surface area contributed by atoms with Crippen molar-refractivity contribution in [2.24, 2.45) is 11.8 Å². The predicted molar refractivity (Wildman–Crippen MR) is 133 cm³/mol. The maximum Gasteiger partial charge on any atom is 0.238 e. The Bertz CT molecular complexity index is 1350. The number of rotatable bonds is 5. The van der Waals surface area contributed by atoms with E-state index in [9.17, 15) is 14.9 Å². The molecule has 0 bridgehead atoms. The van der Waals surface area contributed by atoms with Crippen LogP contribution in [0.3, 0.4) is 0 Å². The summed E-state index contributed by atoms with van der Waals surface area (Å²) < 4.78 is 6.24. The fourth-order valence-corrected chi connectivity index (χ4v) is 6.46. The summed E-state index contributed by atoms with van der Waals surface area (Å²) in [6.07, 6.45) is 9.71. The number of para-hydroxylation sites is 1. The van der Waals surface area contributed by atoms with E-state index in [0.717, 1.165) is 60.8 Å². The van der Waals surface area contributed by atoms with Gasteiger partial charge in [-0.15, -0.1) is 0 Å². The smallest absolute Gasteiger partial charge is 0.238 e. The molecule has 1 unspecified atom stereocenters. The van der Waals surface area contributed by atoms with Crippen LogP contribution in [0.4, 0.5) is 5.69 Å². The Morgan fingerprint density at radius 1 is 1.17 bits per heavy atom. The summed E-state index contributed by atoms with van der Waals surface area (Å²) >= 11 is 0. The van der Waals surface area contributed by atoms with Gasteiger partial charge in [-0.05, 0) is 56.2 Å². The number of ketones is 1. The van der Waals surface area contributed by atoms with E-state index >= 15 is 0 Å². The second-order valence-corrected chi connectivity index (χ2v) is 10.4. The molecule has 1 amide bonds. The lowest BCUT2D eigenvalue weighted by Gasteiger charge is -2.36. The average molecular weight is 484 g/mol. The number of nitrogens with one attached hydrogen (secondary N) is 1. The molecule has 0 saturated heterocycles. The number of hydrogen-bond donors (Lipinski definition) is 1. The zero-order valence-corrected chi connectivity index (χ0v) is 20.2. The van der Waals surface area contributed by atoms with Crippen LogP contribution in [0.25, 0.3) is 11.0 Å². The fourth-order valence-electron chi connectivity index (χ4n) is 6.46. The Balaban J connectivity index is 1.19. The second-order valence-electron chi connectivity index (χ2n) is 10.4. The molecule has 8 nitrogen and oxygen atoms in total. The minimum Gasteiger partial charge on any atom is -0.489 e. The normalized spacial score (nSPS) is 27.7. The van der Waals surface area contributed by atoms with E-state index in [1.54, 1.807) is 17.3 Å². The molecule has 8 heteroatoms. The molecule has 3 aromatic rings. The van der Waals surface area contributed by atoms with Crippen LogP contribution >= 0.6 is 0 Å². The average Bonchev–Trinajstić information content (AvgIpc) is 3.47. The van der Waals surface area contributed by atoms with Gasteiger partial charge in [0, 0.05) is 17.0 Å². The largest absolute Gasteiger partial charge is 0.489 e. The molecule has 36 heavy (non-hydrogen) atoms. The molecule has 3 aliphatic rings. The van der Waals surface area contributed by atoms with Gasteiger partial charge in [-0.25, -0.2) is 4.98 Å². The lowest BCUT2D eigenvalue weighted by Crippen LogP contribution is -2.47. The summed E-state index contributed by atoms with van der Waals surface area (Å²) in [6.45, 7) is 0.0523. The molecular weight excluding hydrogens is 454 g/mol. The van der Waals surface area contributed by atoms with Crippen molar-refractivity contribution in [3.63, 3.8) is 0 Å². The molecular formula is C28H29N5O3. The summed E-state index contributed by atoms with van der Waals surface area (Å²) in [4.78, 5) is 33.3. The van der Waals surface area contributed by atoms with Crippen LogP contribution in [0.1, 0.15) is 56.9 Å². The summed E-state index contributed by atoms with van der Waals surface area (Å²) in [7, 11) is 0. The van der Waals surface area contributed by atoms with Crippen LogP contribution in [-0.2, 0) is 15.0 Å². The number of Topliss-reactive ketones (excluding diaryl/α,β-unsaturated/α-hetero) is 1. The van der Waals surface area contributed by atoms with E-state index in [4.69, 9.17) is 4.74 Å². The number of nitriles is 1. The Morgan fingerprint density at radius 2 is 1.97 bits per heavy atom. The third-order valence-electron chi connectivity index (χ3n) is 8.38. The molecule has 1 spiro atoms. The van der Waals surface area contributed by atoms with E-state index in [1.807, 2.05) is 30.3 Å². The van der Waals surface area contributed by atoms with Crippen LogP contribution in [0.5, 0.6) is 5.75 Å². The second kappa shape index (κ2) is 9.05. The number of aromatic amines is 1. The first-order valence-corrected chi connectivity index (χ1v) is 12.9. The molecule has 184 valence electrons. The van der Waals surface area contributed by atoms with Crippen LogP contribution in [-0.4, -0.2) is 39.5 Å². The number of benzene rings is 1. The van der Waals surface area contributed by atoms with Crippen LogP contribution < -0.4 is 9.64 Å². The molecule has 2 fully saturated rings. The maximum atomic E-state index is 13.9. The Hall–Kier alpha value is -3.73. The van der Waals surface area contributed by atoms with Crippen LogP contribution in [0, 0.1) is 23.2 Å². The lowest BCUT2D eigenvalue weighted by molar-refractivity contribution is -0.128. The van der Waals surface area contributed by atoms with Crippen molar-refractivity contribution in [2.45, 2.75) is 62.9 Å². The number of fused-ring (bicyclic) bond motifs is 3. The molecule has 2 aliphatic carbocycles. The van der Waals surface area contributed by atoms with Gasteiger partial charge < -0.3 is 9.64 Å². The van der Waals surface area contributed by atoms with Gasteiger partial charge in [0.15, 0.2) is 11.4 Å². The minimum atomic E-state index is -0.620. The van der Waals surface area contributed by atoms with E-state index in [0.29, 0.717) is 18.6 Å². The minimum absolute atomic E-state index is 0.00366. The summed E-state index contributed by atoms with van der Waals surface area (Å²) in [5.74, 6) is 0.221. The molecule has 1 aromatic carbocycles. The van der Waals surface area contributed by atoms with Gasteiger partial charge in [0.25, 0.3) is 0 Å². The van der Waals surface area contributed by atoms with Gasteiger partial charge >= 0.3 is 0 Å². The standard InChI is InChI=1S/C28H29N5O3/c29-14-18-5-1-2-6-22(18)25(34)17-33-24-8-4-3-7-23(24)28(27(33)35)11-9-20(10-12-28)36-21-13-19-15-31-32-26(19)30-16-21/h3-4,7-8,13,15-16,18,20,22H,1-2,5-6,9-12,17H2,(H,30,31,32)/t18-,20?,22?,28?/m0/s1. The quantitative estimate of drug-likeness (QED) is 0.573. The number of ether oxygens (including phenoxy) is 1. The van der Waals surface area contributed by atoms with E-state index < -0.39 is 5.41 Å². The summed E-state index contributed by atoms with van der Waals surface area (Å²) in [6, 6.07) is 12.1. The van der Waals surface area contributed by atoms with Crippen molar-refractivity contribution in [2.75, 3.05) is 11.4 Å². The molecule has 2 aromatic heterocycles. The first-order chi connectivity index (χ1) is 17.6. The van der Waals surface area contributed by atoms with Gasteiger partial charge in [0.05, 0.1) is 42.4 Å². The zero-order chi connectivity index (χ0) is 24.7. The molecule has 0 radical (unpaired) electrons. The highest BCUT2D eigenvalue weighted by Gasteiger charge is 2.53. The first kappa shape index (κ1) is 22.7. The van der Waals surface area contributed by atoms with Crippen molar-refractivity contribution in [1.29, 1.82) is 5.26 Å². The number of anilines is 1.